The summed E-state index contributed by atoms with van der Waals surface area (Å²) < 4.78 is 46.5. The molecule has 1 fully saturated rings. The lowest BCUT2D eigenvalue weighted by atomic mass is 10.1. The molecule has 0 bridgehead atoms. The summed E-state index contributed by atoms with van der Waals surface area (Å²) in [5.74, 6) is 0.0932. The first-order valence-corrected chi connectivity index (χ1v) is 10.1. The van der Waals surface area contributed by atoms with Crippen molar-refractivity contribution in [2.45, 2.75) is 30.2 Å². The highest BCUT2D eigenvalue weighted by molar-refractivity contribution is 7.89. The predicted molar refractivity (Wildman–Crippen MR) is 96.8 cm³/mol. The number of halogens is 1. The Labute approximate surface area is 156 Å². The second kappa shape index (κ2) is 7.21. The minimum Gasteiger partial charge on any atom is -0.334 e. The monoisotopic (exact) mass is 387 g/mol. The molecule has 3 aromatic rings. The van der Waals surface area contributed by atoms with Crippen LogP contribution in [0.5, 0.6) is 0 Å². The van der Waals surface area contributed by atoms with Gasteiger partial charge in [-0.05, 0) is 37.1 Å². The van der Waals surface area contributed by atoms with Gasteiger partial charge in [-0.1, -0.05) is 35.5 Å². The number of benzene rings is 2. The number of nitrogens with zero attached hydrogens (tertiary/aromatic N) is 3. The number of hydrogen-bond donors (Lipinski definition) is 0. The lowest BCUT2D eigenvalue weighted by Gasteiger charge is -2.23. The van der Waals surface area contributed by atoms with Gasteiger partial charge < -0.3 is 4.52 Å². The molecule has 140 valence electrons. The van der Waals surface area contributed by atoms with E-state index in [0.29, 0.717) is 37.5 Å². The SMILES string of the molecule is O=S(=O)(c1ccccc1F)N1CCCC1Cc1noc(-c2ccccc2)n1. The van der Waals surface area contributed by atoms with Crippen molar-refractivity contribution in [3.05, 3.63) is 66.2 Å². The summed E-state index contributed by atoms with van der Waals surface area (Å²) in [5, 5.41) is 3.98. The molecule has 2 heterocycles. The Morgan fingerprint density at radius 1 is 1.11 bits per heavy atom. The van der Waals surface area contributed by atoms with Crippen molar-refractivity contribution in [1.82, 2.24) is 14.4 Å². The van der Waals surface area contributed by atoms with Crippen molar-refractivity contribution in [2.75, 3.05) is 6.54 Å². The van der Waals surface area contributed by atoms with Crippen LogP contribution < -0.4 is 0 Å². The largest absolute Gasteiger partial charge is 0.334 e. The van der Waals surface area contributed by atoms with E-state index in [-0.39, 0.29) is 10.9 Å². The lowest BCUT2D eigenvalue weighted by molar-refractivity contribution is 0.368. The molecule has 8 heteroatoms. The summed E-state index contributed by atoms with van der Waals surface area (Å²) in [7, 11) is -3.91. The van der Waals surface area contributed by atoms with Gasteiger partial charge in [-0.15, -0.1) is 0 Å². The van der Waals surface area contributed by atoms with Crippen molar-refractivity contribution >= 4 is 10.0 Å². The predicted octanol–water partition coefficient (Wildman–Crippen LogP) is 3.27. The average molecular weight is 387 g/mol. The molecule has 1 unspecified atom stereocenters. The number of sulfonamides is 1. The van der Waals surface area contributed by atoms with Gasteiger partial charge in [0.2, 0.25) is 10.0 Å². The maximum absolute atomic E-state index is 14.0. The molecule has 27 heavy (non-hydrogen) atoms. The molecule has 0 aliphatic carbocycles. The fraction of sp³-hybridized carbons (Fsp3) is 0.263. The second-order valence-corrected chi connectivity index (χ2v) is 8.29. The van der Waals surface area contributed by atoms with Gasteiger partial charge in [0.15, 0.2) is 5.82 Å². The third kappa shape index (κ3) is 3.50. The van der Waals surface area contributed by atoms with E-state index in [4.69, 9.17) is 4.52 Å². The molecule has 1 aromatic heterocycles. The Morgan fingerprint density at radius 2 is 1.85 bits per heavy atom. The molecule has 1 aliphatic heterocycles. The van der Waals surface area contributed by atoms with Crippen molar-refractivity contribution in [3.63, 3.8) is 0 Å². The molecule has 1 atom stereocenters. The Hall–Kier alpha value is -2.58. The molecular formula is C19H18FN3O3S. The highest BCUT2D eigenvalue weighted by Gasteiger charge is 2.37. The van der Waals surface area contributed by atoms with Crippen LogP contribution in [0.2, 0.25) is 0 Å². The summed E-state index contributed by atoms with van der Waals surface area (Å²) in [6.07, 6.45) is 1.70. The zero-order valence-corrected chi connectivity index (χ0v) is 15.3. The Kier molecular flexibility index (Phi) is 4.75. The normalized spacial score (nSPS) is 18.0. The fourth-order valence-corrected chi connectivity index (χ4v) is 5.12. The number of hydrogen-bond acceptors (Lipinski definition) is 5. The van der Waals surface area contributed by atoms with Crippen LogP contribution >= 0.6 is 0 Å². The number of rotatable bonds is 5. The van der Waals surface area contributed by atoms with E-state index in [2.05, 4.69) is 10.1 Å². The maximum Gasteiger partial charge on any atom is 0.257 e. The van der Waals surface area contributed by atoms with Crippen LogP contribution in [-0.4, -0.2) is 35.5 Å². The highest BCUT2D eigenvalue weighted by atomic mass is 32.2. The summed E-state index contributed by atoms with van der Waals surface area (Å²) >= 11 is 0. The summed E-state index contributed by atoms with van der Waals surface area (Å²) in [5.41, 5.74) is 0.804. The van der Waals surface area contributed by atoms with E-state index in [0.717, 1.165) is 11.6 Å². The standard InChI is InChI=1S/C19H18FN3O3S/c20-16-10-4-5-11-17(16)27(24,25)23-12-6-9-15(23)13-18-21-19(26-22-18)14-7-2-1-3-8-14/h1-5,7-8,10-11,15H,6,9,12-13H2. The van der Waals surface area contributed by atoms with E-state index in [9.17, 15) is 12.8 Å². The fourth-order valence-electron chi connectivity index (χ4n) is 3.36. The van der Waals surface area contributed by atoms with E-state index in [1.54, 1.807) is 0 Å². The Morgan fingerprint density at radius 3 is 2.63 bits per heavy atom. The Bertz CT molecular complexity index is 1040. The molecular weight excluding hydrogens is 369 g/mol. The molecule has 2 aromatic carbocycles. The van der Waals surface area contributed by atoms with Crippen LogP contribution in [0, 0.1) is 5.82 Å². The minimum atomic E-state index is -3.91. The molecule has 0 spiro atoms. The van der Waals surface area contributed by atoms with Crippen LogP contribution in [0.25, 0.3) is 11.5 Å². The highest BCUT2D eigenvalue weighted by Crippen LogP contribution is 2.29. The van der Waals surface area contributed by atoms with Crippen LogP contribution in [0.4, 0.5) is 4.39 Å². The summed E-state index contributed by atoms with van der Waals surface area (Å²) in [4.78, 5) is 4.08. The van der Waals surface area contributed by atoms with Gasteiger partial charge in [-0.2, -0.15) is 9.29 Å². The molecule has 0 N–H and O–H groups in total. The first-order chi connectivity index (χ1) is 13.1. The van der Waals surface area contributed by atoms with Crippen LogP contribution in [0.3, 0.4) is 0 Å². The average Bonchev–Trinajstić information content (AvgIpc) is 3.33. The van der Waals surface area contributed by atoms with Crippen molar-refractivity contribution in [3.8, 4) is 11.5 Å². The molecule has 0 saturated carbocycles. The van der Waals surface area contributed by atoms with Crippen LogP contribution in [0.15, 0.2) is 64.0 Å². The molecule has 1 saturated heterocycles. The van der Waals surface area contributed by atoms with E-state index in [1.165, 1.54) is 22.5 Å². The van der Waals surface area contributed by atoms with E-state index in [1.807, 2.05) is 30.3 Å². The third-order valence-corrected chi connectivity index (χ3v) is 6.64. The second-order valence-electron chi connectivity index (χ2n) is 6.43. The van der Waals surface area contributed by atoms with Gasteiger partial charge in [0.25, 0.3) is 5.89 Å². The van der Waals surface area contributed by atoms with E-state index < -0.39 is 15.8 Å². The van der Waals surface area contributed by atoms with Crippen LogP contribution in [0.1, 0.15) is 18.7 Å². The van der Waals surface area contributed by atoms with E-state index >= 15 is 0 Å². The quantitative estimate of drug-likeness (QED) is 0.672. The minimum absolute atomic E-state index is 0.296. The molecule has 0 radical (unpaired) electrons. The molecule has 4 rings (SSSR count). The van der Waals surface area contributed by atoms with Crippen LogP contribution in [-0.2, 0) is 16.4 Å². The zero-order chi connectivity index (χ0) is 18.9. The first-order valence-electron chi connectivity index (χ1n) is 8.70. The van der Waals surface area contributed by atoms with Crippen molar-refractivity contribution < 1.29 is 17.3 Å². The van der Waals surface area contributed by atoms with Gasteiger partial charge >= 0.3 is 0 Å². The zero-order valence-electron chi connectivity index (χ0n) is 14.5. The third-order valence-electron chi connectivity index (χ3n) is 4.65. The number of aromatic nitrogens is 2. The summed E-state index contributed by atoms with van der Waals surface area (Å²) in [6.45, 7) is 0.352. The smallest absolute Gasteiger partial charge is 0.257 e. The van der Waals surface area contributed by atoms with Gasteiger partial charge in [-0.25, -0.2) is 12.8 Å². The lowest BCUT2D eigenvalue weighted by Crippen LogP contribution is -2.37. The summed E-state index contributed by atoms with van der Waals surface area (Å²) in [6, 6.07) is 14.5. The van der Waals surface area contributed by atoms with Gasteiger partial charge in [0.05, 0.1) is 0 Å². The van der Waals surface area contributed by atoms with Crippen molar-refractivity contribution in [1.29, 1.82) is 0 Å². The molecule has 1 aliphatic rings. The Balaban J connectivity index is 1.56. The first kappa shape index (κ1) is 17.8. The topological polar surface area (TPSA) is 76.3 Å². The van der Waals surface area contributed by atoms with Gasteiger partial charge in [0.1, 0.15) is 10.7 Å². The van der Waals surface area contributed by atoms with Gasteiger partial charge in [0, 0.05) is 24.6 Å². The maximum atomic E-state index is 14.0. The molecule has 6 nitrogen and oxygen atoms in total. The molecule has 0 amide bonds. The van der Waals surface area contributed by atoms with Crippen molar-refractivity contribution in [2.24, 2.45) is 0 Å². The van der Waals surface area contributed by atoms with Gasteiger partial charge in [-0.3, -0.25) is 0 Å².